The molecule has 8 heterocycles. The molecule has 4 fully saturated rings. The molecule has 92 heavy (non-hydrogen) atoms. The molecular weight excluding hydrogens is 1210 g/mol. The second kappa shape index (κ2) is 39.4. The first kappa shape index (κ1) is 73.0. The van der Waals surface area contributed by atoms with E-state index in [1.807, 2.05) is 64.1 Å². The maximum Gasteiger partial charge on any atom is 0.382 e. The van der Waals surface area contributed by atoms with Gasteiger partial charge < -0.3 is 56.7 Å². The number of nitrogens with one attached hydrogen (secondary N) is 4. The molecule has 4 aliphatic rings. The molecule has 10 rings (SSSR count). The Balaban J connectivity index is 0.000000208. The Bertz CT molecular complexity index is 3450. The molecule has 0 spiro atoms. The van der Waals surface area contributed by atoms with Gasteiger partial charge in [-0.15, -0.1) is 0 Å². The summed E-state index contributed by atoms with van der Waals surface area (Å²) in [7, 11) is -0.738. The highest BCUT2D eigenvalue weighted by Crippen LogP contribution is 2.27. The van der Waals surface area contributed by atoms with Gasteiger partial charge in [0, 0.05) is 109 Å². The molecule has 9 N–H and O–H groups in total. The van der Waals surface area contributed by atoms with E-state index in [1.54, 1.807) is 55.2 Å². The Hall–Kier alpha value is -9.72. The van der Waals surface area contributed by atoms with E-state index in [4.69, 9.17) is 27.5 Å². The fraction of sp³-hybridized carbons (Fsp3) is 0.367. The average Bonchev–Trinajstić information content (AvgIpc) is 1.29. The highest BCUT2D eigenvalue weighted by atomic mass is 35.5. The van der Waals surface area contributed by atoms with E-state index < -0.39 is 32.7 Å². The highest BCUT2D eigenvalue weighted by Gasteiger charge is 2.28. The number of nitrogens with two attached hydrogens (primary N) is 1. The molecule has 0 atom stereocenters. The van der Waals surface area contributed by atoms with E-state index in [0.717, 1.165) is 88.9 Å². The number of carboxylic acids is 1. The van der Waals surface area contributed by atoms with Gasteiger partial charge in [-0.3, -0.25) is 45.3 Å². The zero-order chi connectivity index (χ0) is 66.8. The lowest BCUT2D eigenvalue weighted by molar-refractivity contribution is -0.385. The number of piperidine rings is 4. The van der Waals surface area contributed by atoms with Gasteiger partial charge in [0.25, 0.3) is 5.91 Å². The van der Waals surface area contributed by atoms with Crippen LogP contribution in [0.3, 0.4) is 0 Å². The van der Waals surface area contributed by atoms with Gasteiger partial charge in [0.2, 0.25) is 22.6 Å². The van der Waals surface area contributed by atoms with Crippen molar-refractivity contribution < 1.29 is 44.4 Å². The summed E-state index contributed by atoms with van der Waals surface area (Å²) < 4.78 is 0. The molecule has 32 heteroatoms. The van der Waals surface area contributed by atoms with E-state index in [1.165, 1.54) is 48.8 Å². The van der Waals surface area contributed by atoms with Gasteiger partial charge in [0.05, 0.1) is 19.7 Å². The fourth-order valence-electron chi connectivity index (χ4n) is 9.34. The molecule has 6 aromatic rings. The number of halogens is 1. The van der Waals surface area contributed by atoms with Crippen molar-refractivity contribution in [2.45, 2.75) is 89.2 Å². The molecule has 1 amide bonds. The Labute approximate surface area is 537 Å². The lowest BCUT2D eigenvalue weighted by Crippen LogP contribution is -2.46. The number of rotatable bonds is 12. The molecule has 4 aliphatic heterocycles. The molecule has 4 aromatic heterocycles. The molecule has 0 bridgehead atoms. The summed E-state index contributed by atoms with van der Waals surface area (Å²) in [5, 5.41) is 82.2. The number of nitro groups is 4. The topological polar surface area (TPSA) is 403 Å². The number of carbonyl (C=O) groups is 2. The number of aliphatic carboxylic acids is 1. The van der Waals surface area contributed by atoms with Gasteiger partial charge in [-0.05, 0) is 153 Å². The quantitative estimate of drug-likeness (QED) is 0.0204. The number of nitrogens with zero attached hydrogens (tertiary/aromatic N) is 11. The van der Waals surface area contributed by atoms with E-state index in [0.29, 0.717) is 43.6 Å². The fourth-order valence-corrected chi connectivity index (χ4v) is 9.53. The van der Waals surface area contributed by atoms with E-state index in [9.17, 15) is 55.1 Å². The molecule has 484 valence electrons. The summed E-state index contributed by atoms with van der Waals surface area (Å²) in [5.41, 5.74) is 7.05. The van der Waals surface area contributed by atoms with Crippen molar-refractivity contribution in [2.24, 2.45) is 5.73 Å². The van der Waals surface area contributed by atoms with Gasteiger partial charge in [-0.2, -0.15) is 0 Å². The first-order valence-corrected chi connectivity index (χ1v) is 29.9. The van der Waals surface area contributed by atoms with Crippen molar-refractivity contribution in [1.82, 2.24) is 39.8 Å². The van der Waals surface area contributed by atoms with Gasteiger partial charge in [-0.1, -0.05) is 59.8 Å². The second-order valence-corrected chi connectivity index (χ2v) is 21.3. The Morgan fingerprint density at radius 1 is 0.533 bits per heavy atom. The van der Waals surface area contributed by atoms with Crippen LogP contribution in [-0.2, 0) is 9.59 Å². The maximum atomic E-state index is 12.2. The Kier molecular flexibility index (Phi) is 31.3. The van der Waals surface area contributed by atoms with Gasteiger partial charge in [0.15, 0.2) is 0 Å². The minimum absolute atomic E-state index is 0.000422. The van der Waals surface area contributed by atoms with Crippen LogP contribution < -0.4 is 27.0 Å². The number of aromatic nitrogens is 4. The summed E-state index contributed by atoms with van der Waals surface area (Å²) in [6, 6.07) is 31.0. The number of pyridine rings is 4. The average molecular weight is 1280 g/mol. The van der Waals surface area contributed by atoms with Crippen LogP contribution in [0, 0.1) is 64.1 Å². The van der Waals surface area contributed by atoms with Crippen LogP contribution in [0.1, 0.15) is 62.5 Å². The van der Waals surface area contributed by atoms with Crippen LogP contribution in [0.15, 0.2) is 134 Å². The first-order chi connectivity index (χ1) is 44.2. The van der Waals surface area contributed by atoms with Crippen LogP contribution in [0.2, 0.25) is 18.8 Å². The van der Waals surface area contributed by atoms with E-state index >= 15 is 0 Å². The zero-order valence-electron chi connectivity index (χ0n) is 50.8. The number of benzene rings is 2. The van der Waals surface area contributed by atoms with Crippen LogP contribution in [0.25, 0.3) is 0 Å². The number of carboxylic acid groups (broad SMARTS) is 1. The molecule has 4 saturated heterocycles. The lowest BCUT2D eigenvalue weighted by atomic mass is 9.82. The molecule has 0 saturated carbocycles. The van der Waals surface area contributed by atoms with Crippen molar-refractivity contribution in [2.75, 3.05) is 68.3 Å². The number of anilines is 3. The van der Waals surface area contributed by atoms with Crippen LogP contribution in [0.4, 0.5) is 40.2 Å². The Morgan fingerprint density at radius 2 is 0.880 bits per heavy atom. The van der Waals surface area contributed by atoms with Gasteiger partial charge in [0.1, 0.15) is 0 Å². The van der Waals surface area contributed by atoms with Crippen LogP contribution >= 0.6 is 11.6 Å². The SMILES string of the molecule is CB(O)N1CCC(N)CC1.CB(O)N1CCC(Nc2ncccc2[N+](=O)[O-])CC1.O=C(C#Cc1ccccc1)N1CCC(Nc2ncccc2[N+](=O)[O-])CC1.O=C(O)C#Cc1ccccc1.O=[N+]([O-])c1cccnc1Cl.O=[N+]([O-])c1cccnc1NC1CCNCC1. The number of likely N-dealkylation sites (tertiary alicyclic amines) is 1. The third-order valence-corrected chi connectivity index (χ3v) is 14.7. The summed E-state index contributed by atoms with van der Waals surface area (Å²) >= 11 is 5.37. The molecule has 0 aliphatic carbocycles. The predicted molar refractivity (Wildman–Crippen MR) is 350 cm³/mol. The summed E-state index contributed by atoms with van der Waals surface area (Å²) in [5.74, 6) is 9.73. The van der Waals surface area contributed by atoms with Crippen LogP contribution in [-0.4, -0.2) is 172 Å². The van der Waals surface area contributed by atoms with E-state index in [2.05, 4.69) is 59.0 Å². The molecule has 0 radical (unpaired) electrons. The number of hydrogen-bond donors (Lipinski definition) is 8. The third-order valence-electron chi connectivity index (χ3n) is 14.4. The Morgan fingerprint density at radius 3 is 1.24 bits per heavy atom. The summed E-state index contributed by atoms with van der Waals surface area (Å²) in [6.45, 7) is 9.98. The van der Waals surface area contributed by atoms with Crippen molar-refractivity contribution in [3.63, 3.8) is 0 Å². The first-order valence-electron chi connectivity index (χ1n) is 29.5. The van der Waals surface area contributed by atoms with Crippen molar-refractivity contribution in [1.29, 1.82) is 0 Å². The third kappa shape index (κ3) is 26.4. The molecule has 2 aromatic carbocycles. The zero-order valence-corrected chi connectivity index (χ0v) is 51.5. The summed E-state index contributed by atoms with van der Waals surface area (Å²) in [6.07, 6.45) is 13.0. The smallest absolute Gasteiger partial charge is 0.382 e. The molecule has 0 unspecified atom stereocenters. The molecule has 29 nitrogen and oxygen atoms in total. The summed E-state index contributed by atoms with van der Waals surface area (Å²) in [4.78, 5) is 84.5. The van der Waals surface area contributed by atoms with Gasteiger partial charge in [-0.25, -0.2) is 24.7 Å². The number of hydrogen-bond acceptors (Lipinski definition) is 23. The van der Waals surface area contributed by atoms with Crippen molar-refractivity contribution in [3.05, 3.63) is 191 Å². The monoisotopic (exact) mass is 1280 g/mol. The maximum absolute atomic E-state index is 12.2. The van der Waals surface area contributed by atoms with Crippen molar-refractivity contribution >= 4 is 77.8 Å². The lowest BCUT2D eigenvalue weighted by Gasteiger charge is -2.33. The van der Waals surface area contributed by atoms with Gasteiger partial charge >= 0.3 is 42.8 Å². The normalized spacial score (nSPS) is 15.0. The minimum Gasteiger partial charge on any atom is -0.472 e. The minimum atomic E-state index is -1.10. The predicted octanol–water partition coefficient (Wildman–Crippen LogP) is 6.86. The standard InChI is InChI=1S/C19H18N4O3.C11H17BN4O3.C10H14N4O2.C9H6O2.C6H15BN2O.C5H3ClN2O2/c24-18(9-8-15-5-2-1-3-6-15)22-13-10-16(11-14-22)21-19-17(23(25)26)7-4-12-20-19;1-12(17)15-7-4-9(5-8-15)14-11-10(16(18)19)3-2-6-13-11;15-14(16)9-2-1-5-12-10(9)13-8-3-6-11-7-4-8;10-9(11)7-6-8-4-2-1-3-5-8;1-7(10)9-4-2-6(8)3-5-9;6-5-4(8(9)10)2-1-3-7-5/h1-7,12,16H,10-11,13-14H2,(H,20,21);2-3,6,9,17H,4-5,7-8H2,1H3,(H,13,14);1-2,5,8,11H,3-4,6-7H2,(H,12,13);1-5H,(H,10,11);6,10H,2-5,8H2,1H3;1-3H. The highest BCUT2D eigenvalue weighted by molar-refractivity contribution is 6.45. The number of carbonyl (C=O) groups excluding carboxylic acids is 1. The molecular formula is C60H73B2ClN16O13. The van der Waals surface area contributed by atoms with Crippen molar-refractivity contribution in [3.8, 4) is 23.7 Å². The largest absolute Gasteiger partial charge is 0.472 e. The van der Waals surface area contributed by atoms with E-state index in [-0.39, 0.29) is 64.8 Å². The second-order valence-electron chi connectivity index (χ2n) is 21.0. The number of amides is 1. The van der Waals surface area contributed by atoms with Crippen LogP contribution in [0.5, 0.6) is 0 Å².